The van der Waals surface area contributed by atoms with Gasteiger partial charge in [-0.3, -0.25) is 4.31 Å². The first-order valence-electron chi connectivity index (χ1n) is 7.89. The third kappa shape index (κ3) is 4.71. The second-order valence-corrected chi connectivity index (χ2v) is 7.77. The Bertz CT molecular complexity index is 510. The molecule has 0 spiro atoms. The van der Waals surface area contributed by atoms with E-state index in [1.807, 2.05) is 30.3 Å². The van der Waals surface area contributed by atoms with Gasteiger partial charge in [0, 0.05) is 6.54 Å². The molecule has 0 saturated heterocycles. The molecule has 118 valence electrons. The fraction of sp³-hybridized carbons (Fsp3) is 0.625. The summed E-state index contributed by atoms with van der Waals surface area (Å²) in [5.74, 6) is 0.583. The van der Waals surface area contributed by atoms with Gasteiger partial charge in [0.1, 0.15) is 0 Å². The highest BCUT2D eigenvalue weighted by Crippen LogP contribution is 2.27. The standard InChI is InChI=1S/C16H26N2O2S/c17-12-7-13-18(16-10-5-2-6-11-16)21(19,20)14-15-8-3-1-4-9-15/h2,5-6,10-11,15H,1,3-4,7-9,12-14,17H2. The Morgan fingerprint density at radius 2 is 1.76 bits per heavy atom. The molecule has 2 rings (SSSR count). The minimum absolute atomic E-state index is 0.270. The van der Waals surface area contributed by atoms with Crippen LogP contribution in [0.1, 0.15) is 38.5 Å². The van der Waals surface area contributed by atoms with Gasteiger partial charge in [0.2, 0.25) is 10.0 Å². The first-order valence-corrected chi connectivity index (χ1v) is 9.50. The van der Waals surface area contributed by atoms with E-state index in [-0.39, 0.29) is 5.75 Å². The lowest BCUT2D eigenvalue weighted by Crippen LogP contribution is -2.37. The topological polar surface area (TPSA) is 63.4 Å². The summed E-state index contributed by atoms with van der Waals surface area (Å²) >= 11 is 0. The van der Waals surface area contributed by atoms with E-state index in [9.17, 15) is 8.42 Å². The van der Waals surface area contributed by atoms with Gasteiger partial charge in [-0.15, -0.1) is 0 Å². The first kappa shape index (κ1) is 16.3. The zero-order valence-electron chi connectivity index (χ0n) is 12.6. The third-order valence-electron chi connectivity index (χ3n) is 4.12. The van der Waals surface area contributed by atoms with Crippen molar-refractivity contribution in [1.29, 1.82) is 0 Å². The molecule has 4 nitrogen and oxygen atoms in total. The van der Waals surface area contributed by atoms with Crippen molar-refractivity contribution in [2.45, 2.75) is 38.5 Å². The predicted octanol–water partition coefficient (Wildman–Crippen LogP) is 2.75. The van der Waals surface area contributed by atoms with E-state index < -0.39 is 10.0 Å². The van der Waals surface area contributed by atoms with Crippen LogP contribution in [0, 0.1) is 5.92 Å². The molecule has 5 heteroatoms. The maximum absolute atomic E-state index is 12.8. The zero-order valence-corrected chi connectivity index (χ0v) is 13.4. The second kappa shape index (κ2) is 7.80. The van der Waals surface area contributed by atoms with Crippen LogP contribution in [-0.2, 0) is 10.0 Å². The molecule has 0 amide bonds. The Kier molecular flexibility index (Phi) is 6.06. The fourth-order valence-corrected chi connectivity index (χ4v) is 4.96. The molecule has 1 aromatic carbocycles. The number of nitrogens with two attached hydrogens (primary N) is 1. The zero-order chi connectivity index (χ0) is 15.1. The number of hydrogen-bond donors (Lipinski definition) is 1. The quantitative estimate of drug-likeness (QED) is 0.842. The Labute approximate surface area is 128 Å². The van der Waals surface area contributed by atoms with Crippen molar-refractivity contribution in [3.05, 3.63) is 30.3 Å². The molecular weight excluding hydrogens is 284 g/mol. The van der Waals surface area contributed by atoms with E-state index in [1.165, 1.54) is 6.42 Å². The summed E-state index contributed by atoms with van der Waals surface area (Å²) < 4.78 is 27.1. The van der Waals surface area contributed by atoms with Crippen LogP contribution in [0.5, 0.6) is 0 Å². The number of nitrogens with zero attached hydrogens (tertiary/aromatic N) is 1. The molecule has 0 atom stereocenters. The minimum atomic E-state index is -3.27. The minimum Gasteiger partial charge on any atom is -0.330 e. The van der Waals surface area contributed by atoms with Crippen LogP contribution in [-0.4, -0.2) is 27.3 Å². The fourth-order valence-electron chi connectivity index (χ4n) is 3.00. The smallest absolute Gasteiger partial charge is 0.235 e. The molecule has 0 unspecified atom stereocenters. The largest absolute Gasteiger partial charge is 0.330 e. The average molecular weight is 310 g/mol. The molecule has 0 radical (unpaired) electrons. The second-order valence-electron chi connectivity index (χ2n) is 5.83. The Hall–Kier alpha value is -1.07. The van der Waals surface area contributed by atoms with Gasteiger partial charge in [0.15, 0.2) is 0 Å². The summed E-state index contributed by atoms with van der Waals surface area (Å²) in [6.07, 6.45) is 6.32. The van der Waals surface area contributed by atoms with Gasteiger partial charge in [-0.1, -0.05) is 37.5 Å². The highest BCUT2D eigenvalue weighted by molar-refractivity contribution is 7.92. The number of benzene rings is 1. The molecule has 21 heavy (non-hydrogen) atoms. The molecule has 1 aromatic rings. The SMILES string of the molecule is NCCCN(c1ccccc1)S(=O)(=O)CC1CCCCC1. The lowest BCUT2D eigenvalue weighted by Gasteiger charge is -2.28. The van der Waals surface area contributed by atoms with Crippen LogP contribution in [0.4, 0.5) is 5.69 Å². The van der Waals surface area contributed by atoms with Gasteiger partial charge in [-0.25, -0.2) is 8.42 Å². The van der Waals surface area contributed by atoms with Crippen LogP contribution in [0.15, 0.2) is 30.3 Å². The third-order valence-corrected chi connectivity index (χ3v) is 6.07. The van der Waals surface area contributed by atoms with Crippen LogP contribution < -0.4 is 10.0 Å². The highest BCUT2D eigenvalue weighted by atomic mass is 32.2. The summed E-state index contributed by atoms with van der Waals surface area (Å²) in [5.41, 5.74) is 6.31. The molecule has 0 aliphatic heterocycles. The molecule has 1 saturated carbocycles. The van der Waals surface area contributed by atoms with E-state index in [4.69, 9.17) is 5.73 Å². The van der Waals surface area contributed by atoms with Crippen molar-refractivity contribution < 1.29 is 8.42 Å². The van der Waals surface area contributed by atoms with E-state index in [0.29, 0.717) is 25.4 Å². The number of rotatable bonds is 7. The van der Waals surface area contributed by atoms with Crippen molar-refractivity contribution in [2.24, 2.45) is 11.7 Å². The van der Waals surface area contributed by atoms with Crippen molar-refractivity contribution in [3.63, 3.8) is 0 Å². The molecular formula is C16H26N2O2S. The van der Waals surface area contributed by atoms with Gasteiger partial charge in [-0.2, -0.15) is 0 Å². The van der Waals surface area contributed by atoms with Crippen LogP contribution in [0.25, 0.3) is 0 Å². The molecule has 0 heterocycles. The van der Waals surface area contributed by atoms with Crippen molar-refractivity contribution in [1.82, 2.24) is 0 Å². The van der Waals surface area contributed by atoms with Crippen LogP contribution in [0.2, 0.25) is 0 Å². The van der Waals surface area contributed by atoms with Crippen molar-refractivity contribution in [3.8, 4) is 0 Å². The Balaban J connectivity index is 2.13. The van der Waals surface area contributed by atoms with E-state index in [0.717, 1.165) is 31.4 Å². The molecule has 1 fully saturated rings. The number of anilines is 1. The first-order chi connectivity index (χ1) is 10.1. The average Bonchev–Trinajstić information content (AvgIpc) is 2.49. The number of hydrogen-bond acceptors (Lipinski definition) is 3. The van der Waals surface area contributed by atoms with Crippen molar-refractivity contribution >= 4 is 15.7 Å². The summed E-state index contributed by atoms with van der Waals surface area (Å²) in [6.45, 7) is 0.970. The Morgan fingerprint density at radius 3 is 2.38 bits per heavy atom. The predicted molar refractivity (Wildman–Crippen MR) is 87.8 cm³/mol. The summed E-state index contributed by atoms with van der Waals surface area (Å²) in [4.78, 5) is 0. The van der Waals surface area contributed by atoms with E-state index >= 15 is 0 Å². The summed E-state index contributed by atoms with van der Waals surface area (Å²) in [7, 11) is -3.27. The lowest BCUT2D eigenvalue weighted by molar-refractivity contribution is 0.384. The lowest BCUT2D eigenvalue weighted by atomic mass is 9.91. The molecule has 0 bridgehead atoms. The van der Waals surface area contributed by atoms with Gasteiger partial charge in [-0.05, 0) is 43.9 Å². The number of para-hydroxylation sites is 1. The van der Waals surface area contributed by atoms with Crippen LogP contribution in [0.3, 0.4) is 0 Å². The van der Waals surface area contributed by atoms with Gasteiger partial charge in [0.25, 0.3) is 0 Å². The van der Waals surface area contributed by atoms with E-state index in [1.54, 1.807) is 4.31 Å². The normalized spacial score (nSPS) is 16.8. The van der Waals surface area contributed by atoms with E-state index in [2.05, 4.69) is 0 Å². The molecule has 2 N–H and O–H groups in total. The van der Waals surface area contributed by atoms with Gasteiger partial charge in [0.05, 0.1) is 11.4 Å². The van der Waals surface area contributed by atoms with Gasteiger partial charge < -0.3 is 5.73 Å². The monoisotopic (exact) mass is 310 g/mol. The molecule has 0 aromatic heterocycles. The van der Waals surface area contributed by atoms with Gasteiger partial charge >= 0.3 is 0 Å². The highest BCUT2D eigenvalue weighted by Gasteiger charge is 2.27. The van der Waals surface area contributed by atoms with Crippen molar-refractivity contribution in [2.75, 3.05) is 23.1 Å². The van der Waals surface area contributed by atoms with Crippen LogP contribution >= 0.6 is 0 Å². The summed E-state index contributed by atoms with van der Waals surface area (Å²) in [5, 5.41) is 0. The molecule has 1 aliphatic carbocycles. The Morgan fingerprint density at radius 1 is 1.10 bits per heavy atom. The number of sulfonamides is 1. The molecule has 1 aliphatic rings. The maximum Gasteiger partial charge on any atom is 0.235 e. The maximum atomic E-state index is 12.8. The summed E-state index contributed by atoms with van der Waals surface area (Å²) in [6, 6.07) is 9.37.